The molecule has 1 spiro atoms. The van der Waals surface area contributed by atoms with Crippen LogP contribution in [0.15, 0.2) is 23.0 Å². The Morgan fingerprint density at radius 2 is 1.97 bits per heavy atom. The molecule has 8 atom stereocenters. The molecule has 1 aromatic rings. The van der Waals surface area contributed by atoms with E-state index in [1.807, 2.05) is 6.92 Å². The van der Waals surface area contributed by atoms with Gasteiger partial charge in [0.2, 0.25) is 0 Å². The van der Waals surface area contributed by atoms with E-state index < -0.39 is 46.2 Å². The lowest BCUT2D eigenvalue weighted by Gasteiger charge is -2.67. The lowest BCUT2D eigenvalue weighted by molar-refractivity contribution is -0.311. The normalized spacial score (nSPS) is 48.9. The zero-order valence-corrected chi connectivity index (χ0v) is 18.1. The molecule has 2 aliphatic carbocycles. The minimum Gasteiger partial charge on any atom is -0.472 e. The smallest absolute Gasteiger partial charge is 0.316 e. The van der Waals surface area contributed by atoms with Crippen LogP contribution in [0.4, 0.5) is 0 Å². The standard InChI is InChI=1S/C23H30O8/c1-13(24)30-18-5-8-23(27)20(2,21(18,3)26)7-4-15(17-12-29-17)22(23)10-16(31-19(22)25)14-6-9-28-11-14/h6,9,11,15-18,26-27H,4-5,7-8,10,12H2,1-3H3. The molecule has 0 amide bonds. The molecule has 2 N–H and O–H groups in total. The SMILES string of the molecule is CC(=O)OC1CCC2(O)C3(CC(c4ccoc4)OC3=O)C(C3CO3)CCC2(C)C1(C)O. The number of carbonyl (C=O) groups excluding carboxylic acids is 2. The average Bonchev–Trinajstić information content (AvgIpc) is 3.26. The van der Waals surface area contributed by atoms with Gasteiger partial charge in [0, 0.05) is 30.2 Å². The van der Waals surface area contributed by atoms with Gasteiger partial charge in [-0.2, -0.15) is 0 Å². The molecule has 170 valence electrons. The first-order chi connectivity index (χ1) is 14.6. The number of hydrogen-bond donors (Lipinski definition) is 2. The molecule has 1 aromatic heterocycles. The quantitative estimate of drug-likeness (QED) is 0.549. The maximum Gasteiger partial charge on any atom is 0.316 e. The number of epoxide rings is 1. The van der Waals surface area contributed by atoms with Crippen molar-refractivity contribution in [3.8, 4) is 0 Å². The first-order valence-electron chi connectivity index (χ1n) is 11.0. The Hall–Kier alpha value is -1.90. The summed E-state index contributed by atoms with van der Waals surface area (Å²) < 4.78 is 22.1. The number of fused-ring (bicyclic) bond motifs is 2. The summed E-state index contributed by atoms with van der Waals surface area (Å²) in [6, 6.07) is 1.76. The summed E-state index contributed by atoms with van der Waals surface area (Å²) in [5.74, 6) is -1.14. The maximum absolute atomic E-state index is 13.6. The highest BCUT2D eigenvalue weighted by Gasteiger charge is 2.79. The summed E-state index contributed by atoms with van der Waals surface area (Å²) in [4.78, 5) is 25.3. The average molecular weight is 434 g/mol. The zero-order valence-electron chi connectivity index (χ0n) is 18.1. The largest absolute Gasteiger partial charge is 0.472 e. The molecule has 0 aromatic carbocycles. The number of rotatable bonds is 3. The van der Waals surface area contributed by atoms with Crippen molar-refractivity contribution in [2.24, 2.45) is 16.7 Å². The summed E-state index contributed by atoms with van der Waals surface area (Å²) in [5.41, 5.74) is -4.65. The molecule has 4 fully saturated rings. The number of cyclic esters (lactones) is 1. The second kappa shape index (κ2) is 6.56. The Balaban J connectivity index is 1.61. The first kappa shape index (κ1) is 21.0. The Bertz CT molecular complexity index is 889. The van der Waals surface area contributed by atoms with E-state index >= 15 is 0 Å². The number of esters is 2. The van der Waals surface area contributed by atoms with Crippen LogP contribution in [-0.4, -0.2) is 52.2 Å². The van der Waals surface area contributed by atoms with Gasteiger partial charge in [-0.3, -0.25) is 9.59 Å². The highest BCUT2D eigenvalue weighted by molar-refractivity contribution is 5.82. The topological polar surface area (TPSA) is 119 Å². The molecule has 8 heteroatoms. The monoisotopic (exact) mass is 434 g/mol. The van der Waals surface area contributed by atoms with Gasteiger partial charge in [0.05, 0.1) is 30.8 Å². The number of aliphatic hydroxyl groups is 2. The van der Waals surface area contributed by atoms with E-state index in [0.717, 1.165) is 5.56 Å². The number of ether oxygens (including phenoxy) is 3. The Morgan fingerprint density at radius 3 is 2.58 bits per heavy atom. The Labute approximate surface area is 180 Å². The van der Waals surface area contributed by atoms with Crippen LogP contribution >= 0.6 is 0 Å². The molecule has 31 heavy (non-hydrogen) atoms. The molecule has 2 saturated carbocycles. The number of furan rings is 1. The van der Waals surface area contributed by atoms with Crippen LogP contribution in [0.25, 0.3) is 0 Å². The summed E-state index contributed by atoms with van der Waals surface area (Å²) in [6.45, 7) is 5.29. The van der Waals surface area contributed by atoms with Gasteiger partial charge in [0.25, 0.3) is 0 Å². The van der Waals surface area contributed by atoms with Crippen molar-refractivity contribution in [1.29, 1.82) is 0 Å². The highest BCUT2D eigenvalue weighted by Crippen LogP contribution is 2.71. The van der Waals surface area contributed by atoms with E-state index in [1.54, 1.807) is 19.3 Å². The van der Waals surface area contributed by atoms with E-state index in [9.17, 15) is 19.8 Å². The molecule has 2 saturated heterocycles. The van der Waals surface area contributed by atoms with Crippen molar-refractivity contribution in [1.82, 2.24) is 0 Å². The van der Waals surface area contributed by atoms with E-state index in [4.69, 9.17) is 18.6 Å². The fraction of sp³-hybridized carbons (Fsp3) is 0.739. The molecule has 8 nitrogen and oxygen atoms in total. The van der Waals surface area contributed by atoms with Crippen LogP contribution in [0.2, 0.25) is 0 Å². The van der Waals surface area contributed by atoms with E-state index in [-0.39, 0.29) is 31.3 Å². The van der Waals surface area contributed by atoms with Crippen LogP contribution < -0.4 is 0 Å². The molecule has 3 heterocycles. The maximum atomic E-state index is 13.6. The predicted octanol–water partition coefficient (Wildman–Crippen LogP) is 2.28. The van der Waals surface area contributed by atoms with Crippen LogP contribution in [0, 0.1) is 16.7 Å². The molecule has 5 rings (SSSR count). The Morgan fingerprint density at radius 1 is 1.23 bits per heavy atom. The lowest BCUT2D eigenvalue weighted by Crippen LogP contribution is -2.77. The van der Waals surface area contributed by atoms with E-state index in [2.05, 4.69) is 0 Å². The van der Waals surface area contributed by atoms with Crippen LogP contribution in [0.5, 0.6) is 0 Å². The van der Waals surface area contributed by atoms with Gasteiger partial charge >= 0.3 is 11.9 Å². The van der Waals surface area contributed by atoms with Gasteiger partial charge in [0.15, 0.2) is 0 Å². The van der Waals surface area contributed by atoms with Crippen molar-refractivity contribution < 1.29 is 38.4 Å². The predicted molar refractivity (Wildman–Crippen MR) is 106 cm³/mol. The summed E-state index contributed by atoms with van der Waals surface area (Å²) in [6.07, 6.45) is 3.51. The molecule has 8 unspecified atom stereocenters. The highest BCUT2D eigenvalue weighted by atomic mass is 16.6. The minimum atomic E-state index is -1.55. The second-order valence-corrected chi connectivity index (χ2v) is 10.1. The van der Waals surface area contributed by atoms with Gasteiger partial charge in [-0.25, -0.2) is 0 Å². The van der Waals surface area contributed by atoms with E-state index in [0.29, 0.717) is 19.4 Å². The number of hydrogen-bond acceptors (Lipinski definition) is 8. The van der Waals surface area contributed by atoms with Gasteiger partial charge in [-0.15, -0.1) is 0 Å². The van der Waals surface area contributed by atoms with Gasteiger partial charge in [-0.1, -0.05) is 6.92 Å². The van der Waals surface area contributed by atoms with Crippen LogP contribution in [0.3, 0.4) is 0 Å². The fourth-order valence-corrected chi connectivity index (χ4v) is 6.94. The first-order valence-corrected chi connectivity index (χ1v) is 11.0. The van der Waals surface area contributed by atoms with Crippen molar-refractivity contribution in [2.75, 3.05) is 6.61 Å². The van der Waals surface area contributed by atoms with E-state index in [1.165, 1.54) is 13.2 Å². The van der Waals surface area contributed by atoms with Gasteiger partial charge in [0.1, 0.15) is 23.2 Å². The third-order valence-electron chi connectivity index (χ3n) is 8.90. The second-order valence-electron chi connectivity index (χ2n) is 10.1. The molecule has 4 aliphatic rings. The van der Waals surface area contributed by atoms with Crippen molar-refractivity contribution >= 4 is 11.9 Å². The molecular formula is C23H30O8. The molecule has 0 radical (unpaired) electrons. The molecule has 2 aliphatic heterocycles. The van der Waals surface area contributed by atoms with Crippen LogP contribution in [0.1, 0.15) is 64.5 Å². The van der Waals surface area contributed by atoms with Gasteiger partial charge in [-0.05, 0) is 38.7 Å². The summed E-state index contributed by atoms with van der Waals surface area (Å²) in [7, 11) is 0. The van der Waals surface area contributed by atoms with Crippen molar-refractivity contribution in [3.63, 3.8) is 0 Å². The minimum absolute atomic E-state index is 0.111. The molecule has 0 bridgehead atoms. The van der Waals surface area contributed by atoms with Crippen molar-refractivity contribution in [2.45, 2.75) is 82.4 Å². The fourth-order valence-electron chi connectivity index (χ4n) is 6.94. The third kappa shape index (κ3) is 2.58. The van der Waals surface area contributed by atoms with Gasteiger partial charge < -0.3 is 28.8 Å². The lowest BCUT2D eigenvalue weighted by atomic mass is 9.39. The van der Waals surface area contributed by atoms with Crippen LogP contribution in [-0.2, 0) is 23.8 Å². The summed E-state index contributed by atoms with van der Waals surface area (Å²) >= 11 is 0. The zero-order chi connectivity index (χ0) is 22.2. The Kier molecular flexibility index (Phi) is 4.44. The molecular weight excluding hydrogens is 404 g/mol. The summed E-state index contributed by atoms with van der Waals surface area (Å²) in [5, 5.41) is 24.1. The number of carbonyl (C=O) groups is 2. The van der Waals surface area contributed by atoms with Crippen molar-refractivity contribution in [3.05, 3.63) is 24.2 Å². The third-order valence-corrected chi connectivity index (χ3v) is 8.90.